The van der Waals surface area contributed by atoms with Gasteiger partial charge >= 0.3 is 0 Å². The highest BCUT2D eigenvalue weighted by atomic mass is 35.5. The summed E-state index contributed by atoms with van der Waals surface area (Å²) in [5.41, 5.74) is 10.6. The second kappa shape index (κ2) is 8.11. The molecule has 2 aromatic rings. The Hall–Kier alpha value is -2.41. The van der Waals surface area contributed by atoms with Gasteiger partial charge < -0.3 is 4.74 Å². The van der Waals surface area contributed by atoms with Crippen LogP contribution in [-0.4, -0.2) is 25.3 Å². The van der Waals surface area contributed by atoms with Crippen LogP contribution >= 0.6 is 11.6 Å². The predicted octanol–water partition coefficient (Wildman–Crippen LogP) is 2.41. The molecule has 7 heteroatoms. The largest absolute Gasteiger partial charge is 0.497 e. The number of methoxy groups -OCH3 is 1. The monoisotopic (exact) mass is 358 g/mol. The summed E-state index contributed by atoms with van der Waals surface area (Å²) in [5, 5.41) is 4.70. The number of nitrogens with one attached hydrogen (secondary N) is 3. The van der Waals surface area contributed by atoms with Gasteiger partial charge in [0.2, 0.25) is 0 Å². The van der Waals surface area contributed by atoms with Crippen LogP contribution in [0.5, 0.6) is 5.75 Å². The number of rotatable bonds is 5. The highest BCUT2D eigenvalue weighted by Crippen LogP contribution is 2.23. The highest BCUT2D eigenvalue weighted by Gasteiger charge is 2.29. The van der Waals surface area contributed by atoms with E-state index in [9.17, 15) is 4.79 Å². The third-order valence-electron chi connectivity index (χ3n) is 3.97. The van der Waals surface area contributed by atoms with Gasteiger partial charge in [0.15, 0.2) is 0 Å². The number of benzene rings is 2. The van der Waals surface area contributed by atoms with Gasteiger partial charge in [-0.05, 0) is 41.8 Å². The summed E-state index contributed by atoms with van der Waals surface area (Å²) in [6.07, 6.45) is 2.21. The summed E-state index contributed by atoms with van der Waals surface area (Å²) in [5.74, 6) is 0.547. The highest BCUT2D eigenvalue weighted by molar-refractivity contribution is 6.30. The Labute approximate surface area is 151 Å². The number of nitrogens with zero attached hydrogens (tertiary/aromatic N) is 1. The molecule has 3 rings (SSSR count). The van der Waals surface area contributed by atoms with Gasteiger partial charge in [-0.1, -0.05) is 35.9 Å². The van der Waals surface area contributed by atoms with Crippen molar-refractivity contribution in [3.8, 4) is 5.75 Å². The maximum Gasteiger partial charge on any atom is 0.258 e. The summed E-state index contributed by atoms with van der Waals surface area (Å²) in [6.45, 7) is 0. The van der Waals surface area contributed by atoms with E-state index < -0.39 is 0 Å². The Balaban J connectivity index is 1.53. The van der Waals surface area contributed by atoms with E-state index in [1.54, 1.807) is 13.3 Å². The normalized spacial score (nSPS) is 19.9. The Morgan fingerprint density at radius 3 is 2.84 bits per heavy atom. The lowest BCUT2D eigenvalue weighted by atomic mass is 10.0. The van der Waals surface area contributed by atoms with Crippen LogP contribution in [0.2, 0.25) is 5.02 Å². The summed E-state index contributed by atoms with van der Waals surface area (Å²) < 4.78 is 5.15. The lowest BCUT2D eigenvalue weighted by Crippen LogP contribution is -2.41. The zero-order chi connectivity index (χ0) is 17.6. The summed E-state index contributed by atoms with van der Waals surface area (Å²) >= 11 is 5.90. The Morgan fingerprint density at radius 1 is 1.28 bits per heavy atom. The van der Waals surface area contributed by atoms with Crippen molar-refractivity contribution in [2.45, 2.75) is 18.5 Å². The van der Waals surface area contributed by atoms with Crippen molar-refractivity contribution in [2.75, 3.05) is 7.11 Å². The van der Waals surface area contributed by atoms with Crippen molar-refractivity contribution in [2.24, 2.45) is 5.10 Å². The minimum Gasteiger partial charge on any atom is -0.497 e. The number of amides is 1. The molecule has 1 aliphatic heterocycles. The molecule has 1 saturated heterocycles. The quantitative estimate of drug-likeness (QED) is 0.567. The number of hydrazone groups is 1. The Morgan fingerprint density at radius 2 is 2.08 bits per heavy atom. The molecule has 1 heterocycles. The summed E-state index contributed by atoms with van der Waals surface area (Å²) in [7, 11) is 1.61. The van der Waals surface area contributed by atoms with Crippen LogP contribution in [0.1, 0.15) is 23.6 Å². The van der Waals surface area contributed by atoms with Crippen molar-refractivity contribution >= 4 is 23.7 Å². The van der Waals surface area contributed by atoms with Gasteiger partial charge in [0.25, 0.3) is 5.91 Å². The molecule has 0 radical (unpaired) electrons. The Kier molecular flexibility index (Phi) is 5.65. The molecular weight excluding hydrogens is 340 g/mol. The topological polar surface area (TPSA) is 74.8 Å². The van der Waals surface area contributed by atoms with Gasteiger partial charge in [-0.15, -0.1) is 0 Å². The van der Waals surface area contributed by atoms with Crippen molar-refractivity contribution in [3.05, 3.63) is 64.7 Å². The first-order chi connectivity index (χ1) is 12.2. The smallest absolute Gasteiger partial charge is 0.258 e. The number of carbonyl (C=O) groups is 1. The summed E-state index contributed by atoms with van der Waals surface area (Å²) in [6, 6.07) is 14.7. The molecular formula is C18H19ClN4O2. The standard InChI is InChI=1S/C18H19ClN4O2/c1-25-15-4-2-3-12(9-15)11-20-23-18(24)17-10-16(21-22-17)13-5-7-14(19)8-6-13/h2-9,11,16-17,21-22H,10H2,1H3,(H,23,24)/b20-11+. The molecule has 25 heavy (non-hydrogen) atoms. The molecule has 0 aliphatic carbocycles. The van der Waals surface area contributed by atoms with E-state index >= 15 is 0 Å². The van der Waals surface area contributed by atoms with Crippen molar-refractivity contribution in [1.29, 1.82) is 0 Å². The first kappa shape index (κ1) is 17.4. The molecule has 1 fully saturated rings. The van der Waals surface area contributed by atoms with Crippen LogP contribution in [-0.2, 0) is 4.79 Å². The van der Waals surface area contributed by atoms with E-state index in [0.29, 0.717) is 11.4 Å². The molecule has 0 spiro atoms. The third-order valence-corrected chi connectivity index (χ3v) is 4.23. The van der Waals surface area contributed by atoms with Crippen LogP contribution in [0.25, 0.3) is 0 Å². The maximum absolute atomic E-state index is 12.2. The fraction of sp³-hybridized carbons (Fsp3) is 0.222. The van der Waals surface area contributed by atoms with Gasteiger partial charge in [0, 0.05) is 11.1 Å². The lowest BCUT2D eigenvalue weighted by Gasteiger charge is -2.09. The van der Waals surface area contributed by atoms with E-state index in [0.717, 1.165) is 16.9 Å². The molecule has 0 saturated carbocycles. The van der Waals surface area contributed by atoms with Gasteiger partial charge in [-0.25, -0.2) is 16.3 Å². The zero-order valence-electron chi connectivity index (χ0n) is 13.7. The summed E-state index contributed by atoms with van der Waals surface area (Å²) in [4.78, 5) is 12.2. The maximum atomic E-state index is 12.2. The molecule has 1 aliphatic rings. The van der Waals surface area contributed by atoms with Gasteiger partial charge in [0.05, 0.1) is 13.3 Å². The average molecular weight is 359 g/mol. The van der Waals surface area contributed by atoms with E-state index in [4.69, 9.17) is 16.3 Å². The fourth-order valence-corrected chi connectivity index (χ4v) is 2.74. The van der Waals surface area contributed by atoms with Gasteiger partial charge in [-0.3, -0.25) is 4.79 Å². The zero-order valence-corrected chi connectivity index (χ0v) is 14.5. The van der Waals surface area contributed by atoms with Crippen molar-refractivity contribution in [3.63, 3.8) is 0 Å². The molecule has 1 amide bonds. The molecule has 0 aromatic heterocycles. The minimum absolute atomic E-state index is 0.0513. The second-order valence-electron chi connectivity index (χ2n) is 5.69. The van der Waals surface area contributed by atoms with E-state index in [1.165, 1.54) is 0 Å². The molecule has 130 valence electrons. The van der Waals surface area contributed by atoms with E-state index in [-0.39, 0.29) is 18.0 Å². The molecule has 2 atom stereocenters. The van der Waals surface area contributed by atoms with E-state index in [2.05, 4.69) is 21.4 Å². The number of hydrogen-bond donors (Lipinski definition) is 3. The van der Waals surface area contributed by atoms with Crippen molar-refractivity contribution < 1.29 is 9.53 Å². The van der Waals surface area contributed by atoms with Crippen LogP contribution < -0.4 is 21.0 Å². The number of carbonyl (C=O) groups excluding carboxylic acids is 1. The molecule has 0 bridgehead atoms. The predicted molar refractivity (Wildman–Crippen MR) is 97.6 cm³/mol. The lowest BCUT2D eigenvalue weighted by molar-refractivity contribution is -0.122. The number of ether oxygens (including phenoxy) is 1. The molecule has 2 aromatic carbocycles. The third kappa shape index (κ3) is 4.57. The van der Waals surface area contributed by atoms with E-state index in [1.807, 2.05) is 48.5 Å². The molecule has 2 unspecified atom stereocenters. The van der Waals surface area contributed by atoms with Crippen LogP contribution in [0.15, 0.2) is 53.6 Å². The number of hydrogen-bond acceptors (Lipinski definition) is 5. The minimum atomic E-state index is -0.358. The van der Waals surface area contributed by atoms with Gasteiger partial charge in [-0.2, -0.15) is 5.10 Å². The first-order valence-corrected chi connectivity index (χ1v) is 8.27. The van der Waals surface area contributed by atoms with Crippen LogP contribution in [0.4, 0.5) is 0 Å². The second-order valence-corrected chi connectivity index (χ2v) is 6.13. The number of hydrazine groups is 1. The Bertz CT molecular complexity index is 764. The van der Waals surface area contributed by atoms with Crippen LogP contribution in [0, 0.1) is 0 Å². The first-order valence-electron chi connectivity index (χ1n) is 7.89. The van der Waals surface area contributed by atoms with Crippen molar-refractivity contribution in [1.82, 2.24) is 16.3 Å². The number of halogens is 1. The molecule has 6 nitrogen and oxygen atoms in total. The SMILES string of the molecule is COc1cccc(/C=N/NC(=O)C2CC(c3ccc(Cl)cc3)NN2)c1. The fourth-order valence-electron chi connectivity index (χ4n) is 2.61. The molecule has 3 N–H and O–H groups in total. The average Bonchev–Trinajstić information content (AvgIpc) is 3.12. The van der Waals surface area contributed by atoms with Crippen LogP contribution in [0.3, 0.4) is 0 Å². The van der Waals surface area contributed by atoms with Gasteiger partial charge in [0.1, 0.15) is 11.8 Å².